The second kappa shape index (κ2) is 8.57. The lowest BCUT2D eigenvalue weighted by atomic mass is 9.58. The quantitative estimate of drug-likeness (QED) is 0.562. The molecular formula is C24H28F3NO4. The Bertz CT molecular complexity index is 953. The van der Waals surface area contributed by atoms with Gasteiger partial charge in [0.1, 0.15) is 6.61 Å². The first-order valence-electron chi connectivity index (χ1n) is 10.8. The molecule has 0 spiro atoms. The maximum absolute atomic E-state index is 12.9. The third-order valence-electron chi connectivity index (χ3n) is 6.69. The van der Waals surface area contributed by atoms with Gasteiger partial charge in [0.2, 0.25) is 0 Å². The Morgan fingerprint density at radius 2 is 1.75 bits per heavy atom. The van der Waals surface area contributed by atoms with Crippen molar-refractivity contribution in [3.05, 3.63) is 59.2 Å². The average Bonchev–Trinajstić information content (AvgIpc) is 2.72. The molecule has 2 aromatic carbocycles. The summed E-state index contributed by atoms with van der Waals surface area (Å²) in [7, 11) is 1.51. The van der Waals surface area contributed by atoms with E-state index in [0.29, 0.717) is 49.3 Å². The molecule has 32 heavy (non-hydrogen) atoms. The molecule has 5 nitrogen and oxygen atoms in total. The lowest BCUT2D eigenvalue weighted by molar-refractivity contribution is -0.232. The van der Waals surface area contributed by atoms with Crippen LogP contribution in [0.3, 0.4) is 0 Å². The second-order valence-electron chi connectivity index (χ2n) is 8.87. The normalized spacial score (nSPS) is 24.4. The van der Waals surface area contributed by atoms with Gasteiger partial charge in [-0.3, -0.25) is 0 Å². The van der Waals surface area contributed by atoms with Crippen molar-refractivity contribution < 1.29 is 32.9 Å². The molecule has 2 aliphatic rings. The van der Waals surface area contributed by atoms with Crippen LogP contribution in [-0.2, 0) is 19.3 Å². The van der Waals surface area contributed by atoms with E-state index in [9.17, 15) is 23.4 Å². The molecule has 3 N–H and O–H groups in total. The van der Waals surface area contributed by atoms with Gasteiger partial charge in [-0.15, -0.1) is 0 Å². The van der Waals surface area contributed by atoms with E-state index in [1.54, 1.807) is 12.1 Å². The number of halogens is 3. The molecule has 0 aromatic heterocycles. The second-order valence-corrected chi connectivity index (χ2v) is 8.87. The predicted octanol–water partition coefficient (Wildman–Crippen LogP) is 4.19. The van der Waals surface area contributed by atoms with E-state index >= 15 is 0 Å². The summed E-state index contributed by atoms with van der Waals surface area (Å²) in [5, 5.41) is 24.4. The van der Waals surface area contributed by atoms with Gasteiger partial charge in [-0.2, -0.15) is 13.2 Å². The standard InChI is InChI=1S/C24H28F3NO4/c1-31-21-11-16(14-28-19-12-23(30,13-19)22(29)8-3-9-22)6-7-20(21)32-15-17-4-2-5-18(10-17)24(25,26)27/h2,4-7,10-11,19,28-30H,3,8-9,12-15H2,1H3. The average molecular weight is 451 g/mol. The fourth-order valence-corrected chi connectivity index (χ4v) is 4.46. The van der Waals surface area contributed by atoms with Gasteiger partial charge in [0.05, 0.1) is 23.9 Å². The van der Waals surface area contributed by atoms with Crippen molar-refractivity contribution in [1.29, 1.82) is 0 Å². The van der Waals surface area contributed by atoms with Crippen molar-refractivity contribution in [1.82, 2.24) is 5.32 Å². The van der Waals surface area contributed by atoms with E-state index in [1.165, 1.54) is 13.2 Å². The largest absolute Gasteiger partial charge is 0.493 e. The summed E-state index contributed by atoms with van der Waals surface area (Å²) < 4.78 is 49.7. The first kappa shape index (κ1) is 22.9. The first-order chi connectivity index (χ1) is 15.1. The van der Waals surface area contributed by atoms with Crippen LogP contribution in [0.15, 0.2) is 42.5 Å². The summed E-state index contributed by atoms with van der Waals surface area (Å²) >= 11 is 0. The SMILES string of the molecule is COc1cc(CNC2CC(O)(C3(O)CCC3)C2)ccc1OCc1cccc(C(F)(F)F)c1. The highest BCUT2D eigenvalue weighted by Crippen LogP contribution is 2.50. The Morgan fingerprint density at radius 1 is 1.00 bits per heavy atom. The minimum atomic E-state index is -4.39. The number of benzene rings is 2. The number of alkyl halides is 3. The number of rotatable bonds is 8. The van der Waals surface area contributed by atoms with Crippen molar-refractivity contribution in [2.75, 3.05) is 7.11 Å². The van der Waals surface area contributed by atoms with Crippen molar-refractivity contribution in [2.24, 2.45) is 0 Å². The lowest BCUT2D eigenvalue weighted by Gasteiger charge is -2.57. The van der Waals surface area contributed by atoms with Gasteiger partial charge in [-0.25, -0.2) is 0 Å². The molecule has 2 saturated carbocycles. The van der Waals surface area contributed by atoms with E-state index in [1.807, 2.05) is 12.1 Å². The summed E-state index contributed by atoms with van der Waals surface area (Å²) in [5.74, 6) is 0.934. The molecule has 0 atom stereocenters. The molecule has 0 bridgehead atoms. The smallest absolute Gasteiger partial charge is 0.416 e. The fraction of sp³-hybridized carbons (Fsp3) is 0.500. The van der Waals surface area contributed by atoms with Crippen molar-refractivity contribution in [3.8, 4) is 11.5 Å². The third kappa shape index (κ3) is 4.58. The summed E-state index contributed by atoms with van der Waals surface area (Å²) in [6.07, 6.45) is -1.06. The van der Waals surface area contributed by atoms with Gasteiger partial charge >= 0.3 is 6.18 Å². The minimum Gasteiger partial charge on any atom is -0.493 e. The van der Waals surface area contributed by atoms with Crippen LogP contribution >= 0.6 is 0 Å². The highest BCUT2D eigenvalue weighted by Gasteiger charge is 2.59. The molecule has 174 valence electrons. The molecule has 0 aliphatic heterocycles. The Labute approximate surface area is 185 Å². The third-order valence-corrected chi connectivity index (χ3v) is 6.69. The summed E-state index contributed by atoms with van der Waals surface area (Å²) in [6, 6.07) is 10.6. The number of hydrogen-bond donors (Lipinski definition) is 3. The number of hydrogen-bond acceptors (Lipinski definition) is 5. The Balaban J connectivity index is 1.31. The number of aliphatic hydroxyl groups is 2. The zero-order valence-corrected chi connectivity index (χ0v) is 17.9. The van der Waals surface area contributed by atoms with Gasteiger partial charge in [-0.05, 0) is 67.5 Å². The summed E-state index contributed by atoms with van der Waals surface area (Å²) in [6.45, 7) is 0.547. The topological polar surface area (TPSA) is 71.0 Å². The lowest BCUT2D eigenvalue weighted by Crippen LogP contribution is -2.68. The predicted molar refractivity (Wildman–Crippen MR) is 112 cm³/mol. The molecular weight excluding hydrogens is 423 g/mol. The molecule has 2 fully saturated rings. The number of ether oxygens (including phenoxy) is 2. The van der Waals surface area contributed by atoms with E-state index in [4.69, 9.17) is 9.47 Å². The maximum atomic E-state index is 12.9. The Morgan fingerprint density at radius 3 is 2.38 bits per heavy atom. The van der Waals surface area contributed by atoms with Gasteiger partial charge in [0.25, 0.3) is 0 Å². The van der Waals surface area contributed by atoms with E-state index in [2.05, 4.69) is 5.32 Å². The molecule has 0 heterocycles. The number of methoxy groups -OCH3 is 1. The Hall–Kier alpha value is -2.29. The molecule has 0 saturated heterocycles. The highest BCUT2D eigenvalue weighted by molar-refractivity contribution is 5.43. The van der Waals surface area contributed by atoms with E-state index in [0.717, 1.165) is 24.1 Å². The van der Waals surface area contributed by atoms with E-state index in [-0.39, 0.29) is 12.6 Å². The Kier molecular flexibility index (Phi) is 6.13. The van der Waals surface area contributed by atoms with Crippen LogP contribution in [0.4, 0.5) is 13.2 Å². The highest BCUT2D eigenvalue weighted by atomic mass is 19.4. The van der Waals surface area contributed by atoms with Crippen LogP contribution < -0.4 is 14.8 Å². The molecule has 2 aliphatic carbocycles. The van der Waals surface area contributed by atoms with Crippen molar-refractivity contribution in [3.63, 3.8) is 0 Å². The van der Waals surface area contributed by atoms with Crippen LogP contribution in [0.5, 0.6) is 11.5 Å². The van der Waals surface area contributed by atoms with Crippen LogP contribution in [-0.4, -0.2) is 34.6 Å². The van der Waals surface area contributed by atoms with Crippen LogP contribution in [0.25, 0.3) is 0 Å². The van der Waals surface area contributed by atoms with Crippen LogP contribution in [0, 0.1) is 0 Å². The van der Waals surface area contributed by atoms with Crippen LogP contribution in [0.1, 0.15) is 48.8 Å². The zero-order chi connectivity index (χ0) is 23.0. The fourth-order valence-electron chi connectivity index (χ4n) is 4.46. The number of nitrogens with one attached hydrogen (secondary N) is 1. The first-order valence-corrected chi connectivity index (χ1v) is 10.8. The van der Waals surface area contributed by atoms with Crippen molar-refractivity contribution >= 4 is 0 Å². The molecule has 0 amide bonds. The summed E-state index contributed by atoms with van der Waals surface area (Å²) in [5.41, 5.74) is -1.25. The van der Waals surface area contributed by atoms with Gasteiger partial charge in [-0.1, -0.05) is 18.2 Å². The maximum Gasteiger partial charge on any atom is 0.416 e. The van der Waals surface area contributed by atoms with Crippen molar-refractivity contribution in [2.45, 2.75) is 68.7 Å². The zero-order valence-electron chi connectivity index (χ0n) is 17.9. The van der Waals surface area contributed by atoms with Gasteiger partial charge < -0.3 is 25.0 Å². The molecule has 4 rings (SSSR count). The van der Waals surface area contributed by atoms with Crippen LogP contribution in [0.2, 0.25) is 0 Å². The molecule has 8 heteroatoms. The van der Waals surface area contributed by atoms with E-state index < -0.39 is 22.9 Å². The van der Waals surface area contributed by atoms with Gasteiger partial charge in [0.15, 0.2) is 11.5 Å². The van der Waals surface area contributed by atoms with Gasteiger partial charge in [0, 0.05) is 12.6 Å². The monoisotopic (exact) mass is 451 g/mol. The summed E-state index contributed by atoms with van der Waals surface area (Å²) in [4.78, 5) is 0. The molecule has 2 aromatic rings. The molecule has 0 unspecified atom stereocenters. The molecule has 0 radical (unpaired) electrons. The minimum absolute atomic E-state index is 0.0125.